The molecule has 1 fully saturated rings. The van der Waals surface area contributed by atoms with Crippen LogP contribution in [0.4, 0.5) is 0 Å². The number of nitrogens with one attached hydrogen (secondary N) is 2. The standard InChI is InChI=1S/C12H23N3O3/c1-7(2)5-9(13)11(16)15-8-3-4-14-10(6-8)12(17)18/h7-10,14H,3-6,13H2,1-2H3,(H,15,16)(H,17,18)/t8-,9-,10+/m0/s1. The number of hydrogen-bond donors (Lipinski definition) is 4. The molecule has 104 valence electrons. The summed E-state index contributed by atoms with van der Waals surface area (Å²) in [7, 11) is 0. The highest BCUT2D eigenvalue weighted by Crippen LogP contribution is 2.10. The van der Waals surface area contributed by atoms with E-state index in [0.717, 1.165) is 6.42 Å². The van der Waals surface area contributed by atoms with Crippen molar-refractivity contribution in [2.75, 3.05) is 6.54 Å². The lowest BCUT2D eigenvalue weighted by atomic mass is 9.98. The monoisotopic (exact) mass is 257 g/mol. The van der Waals surface area contributed by atoms with E-state index in [-0.39, 0.29) is 11.9 Å². The molecular formula is C12H23N3O3. The second-order valence-electron chi connectivity index (χ2n) is 5.31. The van der Waals surface area contributed by atoms with E-state index >= 15 is 0 Å². The number of carboxylic acids is 1. The molecule has 0 aromatic rings. The molecule has 1 aliphatic heterocycles. The molecule has 0 saturated carbocycles. The maximum atomic E-state index is 11.8. The van der Waals surface area contributed by atoms with Crippen LogP contribution in [-0.4, -0.2) is 41.7 Å². The Bertz CT molecular complexity index is 307. The first-order chi connectivity index (χ1) is 8.40. The third-order valence-electron chi connectivity index (χ3n) is 3.11. The van der Waals surface area contributed by atoms with Gasteiger partial charge in [0, 0.05) is 6.04 Å². The number of hydrogen-bond acceptors (Lipinski definition) is 4. The molecule has 0 aromatic carbocycles. The number of carbonyl (C=O) groups excluding carboxylic acids is 1. The van der Waals surface area contributed by atoms with Crippen LogP contribution in [0.2, 0.25) is 0 Å². The molecule has 1 rings (SSSR count). The highest BCUT2D eigenvalue weighted by atomic mass is 16.4. The second kappa shape index (κ2) is 6.70. The van der Waals surface area contributed by atoms with Crippen molar-refractivity contribution in [1.82, 2.24) is 10.6 Å². The third kappa shape index (κ3) is 4.62. The van der Waals surface area contributed by atoms with Gasteiger partial charge in [-0.05, 0) is 31.7 Å². The van der Waals surface area contributed by atoms with Crippen molar-refractivity contribution >= 4 is 11.9 Å². The third-order valence-corrected chi connectivity index (χ3v) is 3.11. The number of carboxylic acid groups (broad SMARTS) is 1. The number of rotatable bonds is 5. The number of nitrogens with two attached hydrogens (primary N) is 1. The molecule has 1 saturated heterocycles. The van der Waals surface area contributed by atoms with Gasteiger partial charge in [-0.15, -0.1) is 0 Å². The fourth-order valence-corrected chi connectivity index (χ4v) is 2.16. The van der Waals surface area contributed by atoms with E-state index in [2.05, 4.69) is 10.6 Å². The van der Waals surface area contributed by atoms with Gasteiger partial charge in [0.25, 0.3) is 0 Å². The zero-order valence-electron chi connectivity index (χ0n) is 11.0. The Morgan fingerprint density at radius 1 is 1.50 bits per heavy atom. The number of aliphatic carboxylic acids is 1. The van der Waals surface area contributed by atoms with Crippen LogP contribution < -0.4 is 16.4 Å². The predicted octanol–water partition coefficient (Wildman–Crippen LogP) is -0.319. The molecule has 1 aliphatic rings. The molecule has 0 unspecified atom stereocenters. The van der Waals surface area contributed by atoms with Gasteiger partial charge in [0.1, 0.15) is 6.04 Å². The van der Waals surface area contributed by atoms with Crippen LogP contribution in [-0.2, 0) is 9.59 Å². The molecule has 0 aromatic heterocycles. The van der Waals surface area contributed by atoms with Crippen LogP contribution in [0.5, 0.6) is 0 Å². The Hall–Kier alpha value is -1.14. The first-order valence-corrected chi connectivity index (χ1v) is 6.42. The van der Waals surface area contributed by atoms with Crippen LogP contribution in [0.3, 0.4) is 0 Å². The highest BCUT2D eigenvalue weighted by Gasteiger charge is 2.28. The molecule has 1 heterocycles. The zero-order valence-corrected chi connectivity index (χ0v) is 11.0. The normalized spacial score (nSPS) is 25.8. The minimum atomic E-state index is -0.875. The summed E-state index contributed by atoms with van der Waals surface area (Å²) in [5, 5.41) is 14.7. The quantitative estimate of drug-likeness (QED) is 0.540. The van der Waals surface area contributed by atoms with Crippen molar-refractivity contribution < 1.29 is 14.7 Å². The first-order valence-electron chi connectivity index (χ1n) is 6.42. The van der Waals surface area contributed by atoms with E-state index in [9.17, 15) is 9.59 Å². The van der Waals surface area contributed by atoms with E-state index in [1.54, 1.807) is 0 Å². The van der Waals surface area contributed by atoms with E-state index in [0.29, 0.717) is 25.3 Å². The van der Waals surface area contributed by atoms with Gasteiger partial charge in [0.05, 0.1) is 6.04 Å². The van der Waals surface area contributed by atoms with Crippen LogP contribution in [0, 0.1) is 5.92 Å². The summed E-state index contributed by atoms with van der Waals surface area (Å²) in [4.78, 5) is 22.7. The minimum absolute atomic E-state index is 0.0990. The van der Waals surface area contributed by atoms with Crippen molar-refractivity contribution in [3.8, 4) is 0 Å². The lowest BCUT2D eigenvalue weighted by molar-refractivity contribution is -0.140. The van der Waals surface area contributed by atoms with Crippen LogP contribution in [0.1, 0.15) is 33.1 Å². The fraction of sp³-hybridized carbons (Fsp3) is 0.833. The smallest absolute Gasteiger partial charge is 0.320 e. The van der Waals surface area contributed by atoms with Crippen molar-refractivity contribution in [3.05, 3.63) is 0 Å². The van der Waals surface area contributed by atoms with Gasteiger partial charge in [0.15, 0.2) is 0 Å². The summed E-state index contributed by atoms with van der Waals surface area (Å²) >= 11 is 0. The molecule has 0 radical (unpaired) electrons. The Morgan fingerprint density at radius 3 is 2.72 bits per heavy atom. The SMILES string of the molecule is CC(C)C[C@H](N)C(=O)N[C@H]1CCN[C@@H](C(=O)O)C1. The number of amides is 1. The average Bonchev–Trinajstić information content (AvgIpc) is 2.28. The lowest BCUT2D eigenvalue weighted by Crippen LogP contribution is -2.53. The van der Waals surface area contributed by atoms with Crippen molar-refractivity contribution in [2.24, 2.45) is 11.7 Å². The van der Waals surface area contributed by atoms with Crippen LogP contribution in [0.25, 0.3) is 0 Å². The maximum Gasteiger partial charge on any atom is 0.320 e. The average molecular weight is 257 g/mol. The Kier molecular flexibility index (Phi) is 5.55. The topological polar surface area (TPSA) is 104 Å². The van der Waals surface area contributed by atoms with Gasteiger partial charge >= 0.3 is 5.97 Å². The van der Waals surface area contributed by atoms with Crippen molar-refractivity contribution in [1.29, 1.82) is 0 Å². The fourth-order valence-electron chi connectivity index (χ4n) is 2.16. The molecule has 6 nitrogen and oxygen atoms in total. The van der Waals surface area contributed by atoms with Gasteiger partial charge < -0.3 is 21.5 Å². The van der Waals surface area contributed by atoms with Crippen LogP contribution in [0.15, 0.2) is 0 Å². The van der Waals surface area contributed by atoms with Gasteiger partial charge in [-0.1, -0.05) is 13.8 Å². The van der Waals surface area contributed by atoms with Crippen molar-refractivity contribution in [2.45, 2.75) is 51.2 Å². The number of carbonyl (C=O) groups is 2. The lowest BCUT2D eigenvalue weighted by Gasteiger charge is -2.29. The largest absolute Gasteiger partial charge is 0.480 e. The summed E-state index contributed by atoms with van der Waals surface area (Å²) in [6, 6.07) is -1.19. The molecule has 0 spiro atoms. The highest BCUT2D eigenvalue weighted by molar-refractivity contribution is 5.82. The molecule has 6 heteroatoms. The first kappa shape index (κ1) is 14.9. The minimum Gasteiger partial charge on any atom is -0.480 e. The second-order valence-corrected chi connectivity index (χ2v) is 5.31. The summed E-state index contributed by atoms with van der Waals surface area (Å²) in [5.74, 6) is -0.689. The van der Waals surface area contributed by atoms with E-state index in [4.69, 9.17) is 10.8 Å². The molecule has 0 aliphatic carbocycles. The summed E-state index contributed by atoms with van der Waals surface area (Å²) < 4.78 is 0. The Labute approximate surface area is 107 Å². The molecule has 5 N–H and O–H groups in total. The molecule has 0 bridgehead atoms. The summed E-state index contributed by atoms with van der Waals surface area (Å²) in [5.41, 5.74) is 5.79. The van der Waals surface area contributed by atoms with Gasteiger partial charge in [-0.3, -0.25) is 9.59 Å². The maximum absolute atomic E-state index is 11.8. The summed E-state index contributed by atoms with van der Waals surface area (Å²) in [6.07, 6.45) is 1.79. The number of piperidine rings is 1. The Balaban J connectivity index is 2.41. The molecular weight excluding hydrogens is 234 g/mol. The van der Waals surface area contributed by atoms with Gasteiger partial charge in [-0.2, -0.15) is 0 Å². The molecule has 1 amide bonds. The van der Waals surface area contributed by atoms with Gasteiger partial charge in [0.2, 0.25) is 5.91 Å². The zero-order chi connectivity index (χ0) is 13.7. The van der Waals surface area contributed by atoms with E-state index in [1.807, 2.05) is 13.8 Å². The van der Waals surface area contributed by atoms with E-state index in [1.165, 1.54) is 0 Å². The van der Waals surface area contributed by atoms with Crippen LogP contribution >= 0.6 is 0 Å². The van der Waals surface area contributed by atoms with Gasteiger partial charge in [-0.25, -0.2) is 0 Å². The summed E-state index contributed by atoms with van der Waals surface area (Å²) in [6.45, 7) is 4.62. The predicted molar refractivity (Wildman–Crippen MR) is 68.0 cm³/mol. The Morgan fingerprint density at radius 2 is 2.17 bits per heavy atom. The molecule has 3 atom stereocenters. The van der Waals surface area contributed by atoms with E-state index < -0.39 is 18.1 Å². The molecule has 18 heavy (non-hydrogen) atoms. The van der Waals surface area contributed by atoms with Crippen molar-refractivity contribution in [3.63, 3.8) is 0 Å².